The van der Waals surface area contributed by atoms with E-state index in [9.17, 15) is 9.90 Å². The molecule has 1 fully saturated rings. The zero-order valence-corrected chi connectivity index (χ0v) is 21.1. The Bertz CT molecular complexity index is 440. The summed E-state index contributed by atoms with van der Waals surface area (Å²) in [5.41, 5.74) is -0.512. The van der Waals surface area contributed by atoms with Gasteiger partial charge in [0.05, 0.1) is 6.10 Å². The van der Waals surface area contributed by atoms with Gasteiger partial charge in [0, 0.05) is 17.5 Å². The number of likely N-dealkylation sites (tertiary alicyclic amines) is 1. The summed E-state index contributed by atoms with van der Waals surface area (Å²) >= 11 is 0. The quantitative estimate of drug-likeness (QED) is 0.257. The van der Waals surface area contributed by atoms with Crippen molar-refractivity contribution < 1.29 is 9.90 Å². The summed E-state index contributed by atoms with van der Waals surface area (Å²) in [5.74, 6) is 0.270. The lowest BCUT2D eigenvalue weighted by Crippen LogP contribution is -2.63. The minimum absolute atomic E-state index is 0.256. The highest BCUT2D eigenvalue weighted by molar-refractivity contribution is 5.78. The van der Waals surface area contributed by atoms with Crippen molar-refractivity contribution >= 4 is 5.91 Å². The molecule has 0 aliphatic carbocycles. The lowest BCUT2D eigenvalue weighted by Gasteiger charge is -2.54. The van der Waals surface area contributed by atoms with Crippen molar-refractivity contribution in [3.8, 4) is 0 Å². The van der Waals surface area contributed by atoms with Crippen LogP contribution >= 0.6 is 0 Å². The topological polar surface area (TPSA) is 40.5 Å². The average molecular weight is 424 g/mol. The van der Waals surface area contributed by atoms with Gasteiger partial charge in [-0.25, -0.2) is 0 Å². The van der Waals surface area contributed by atoms with E-state index in [2.05, 4.69) is 39.5 Å². The van der Waals surface area contributed by atoms with E-state index in [1.165, 1.54) is 89.9 Å². The van der Waals surface area contributed by atoms with Crippen LogP contribution in [0.15, 0.2) is 0 Å². The van der Waals surface area contributed by atoms with Gasteiger partial charge in [0.15, 0.2) is 0 Å². The number of hydrogen-bond acceptors (Lipinski definition) is 2. The van der Waals surface area contributed by atoms with E-state index in [4.69, 9.17) is 0 Å². The van der Waals surface area contributed by atoms with Crippen molar-refractivity contribution in [1.29, 1.82) is 0 Å². The molecule has 3 nitrogen and oxygen atoms in total. The van der Waals surface area contributed by atoms with Crippen LogP contribution in [0.5, 0.6) is 0 Å². The molecule has 0 unspecified atom stereocenters. The van der Waals surface area contributed by atoms with Gasteiger partial charge in [0.2, 0.25) is 5.91 Å². The Labute approximate surface area is 188 Å². The summed E-state index contributed by atoms with van der Waals surface area (Å²) in [6.45, 7) is 10.7. The number of piperidine rings is 1. The van der Waals surface area contributed by atoms with E-state index in [-0.39, 0.29) is 23.1 Å². The Kier molecular flexibility index (Phi) is 13.3. The molecule has 0 bridgehead atoms. The molecule has 1 rings (SSSR count). The lowest BCUT2D eigenvalue weighted by atomic mass is 9.78. The molecule has 1 amide bonds. The fraction of sp³-hybridized carbons (Fsp3) is 0.963. The van der Waals surface area contributed by atoms with Gasteiger partial charge >= 0.3 is 0 Å². The first kappa shape index (κ1) is 27.5. The van der Waals surface area contributed by atoms with E-state index in [1.807, 2.05) is 0 Å². The Balaban J connectivity index is 2.02. The number of nitrogens with zero attached hydrogens (tertiary/aromatic N) is 1. The number of rotatable bonds is 16. The van der Waals surface area contributed by atoms with Crippen LogP contribution in [-0.4, -0.2) is 33.1 Å². The molecule has 0 radical (unpaired) electrons. The molecule has 178 valence electrons. The van der Waals surface area contributed by atoms with Crippen LogP contribution in [0, 0.1) is 0 Å². The van der Waals surface area contributed by atoms with Crippen LogP contribution in [0.3, 0.4) is 0 Å². The number of carbonyl (C=O) groups is 1. The minimum atomic E-state index is -0.301. The maximum Gasteiger partial charge on any atom is 0.223 e. The summed E-state index contributed by atoms with van der Waals surface area (Å²) in [7, 11) is 0. The standard InChI is InChI=1S/C27H53NO2/c1-6-7-8-9-10-11-12-13-14-15-16-17-18-19-20-21-25(30)28-26(2,3)22-24(29)23-27(28,4)5/h24,29H,6-23H2,1-5H3. The van der Waals surface area contributed by atoms with Crippen molar-refractivity contribution in [2.45, 2.75) is 167 Å². The molecule has 0 aromatic rings. The summed E-state index contributed by atoms with van der Waals surface area (Å²) in [6.07, 6.45) is 21.9. The van der Waals surface area contributed by atoms with Gasteiger partial charge in [-0.2, -0.15) is 0 Å². The predicted molar refractivity (Wildman–Crippen MR) is 130 cm³/mol. The summed E-state index contributed by atoms with van der Waals surface area (Å²) in [6, 6.07) is 0. The first-order valence-electron chi connectivity index (χ1n) is 13.2. The van der Waals surface area contributed by atoms with E-state index in [1.54, 1.807) is 0 Å². The van der Waals surface area contributed by atoms with Crippen molar-refractivity contribution in [3.05, 3.63) is 0 Å². The van der Waals surface area contributed by atoms with Gasteiger partial charge in [-0.3, -0.25) is 4.79 Å². The second kappa shape index (κ2) is 14.5. The van der Waals surface area contributed by atoms with Crippen LogP contribution in [0.4, 0.5) is 0 Å². The molecule has 1 heterocycles. The SMILES string of the molecule is CCCCCCCCCCCCCCCCCC(=O)N1C(C)(C)CC(O)CC1(C)C. The van der Waals surface area contributed by atoms with Crippen molar-refractivity contribution in [1.82, 2.24) is 4.90 Å². The van der Waals surface area contributed by atoms with Crippen molar-refractivity contribution in [2.24, 2.45) is 0 Å². The van der Waals surface area contributed by atoms with E-state index >= 15 is 0 Å². The fourth-order valence-corrected chi connectivity index (χ4v) is 5.66. The number of amides is 1. The Morgan fingerprint density at radius 1 is 0.700 bits per heavy atom. The molecule has 0 spiro atoms. The van der Waals surface area contributed by atoms with Gasteiger partial charge in [-0.05, 0) is 47.0 Å². The van der Waals surface area contributed by atoms with Gasteiger partial charge in [0.1, 0.15) is 0 Å². The summed E-state index contributed by atoms with van der Waals surface area (Å²) < 4.78 is 0. The first-order chi connectivity index (χ1) is 14.2. The van der Waals surface area contributed by atoms with Crippen LogP contribution in [0.1, 0.15) is 150 Å². The monoisotopic (exact) mass is 423 g/mol. The first-order valence-corrected chi connectivity index (χ1v) is 13.2. The van der Waals surface area contributed by atoms with E-state index in [0.717, 1.165) is 6.42 Å². The molecular weight excluding hydrogens is 370 g/mol. The highest BCUT2D eigenvalue weighted by atomic mass is 16.3. The molecule has 0 atom stereocenters. The maximum atomic E-state index is 12.9. The third-order valence-electron chi connectivity index (χ3n) is 6.92. The Hall–Kier alpha value is -0.570. The van der Waals surface area contributed by atoms with Crippen molar-refractivity contribution in [3.63, 3.8) is 0 Å². The van der Waals surface area contributed by atoms with Gasteiger partial charge in [0.25, 0.3) is 0 Å². The Morgan fingerprint density at radius 3 is 1.40 bits per heavy atom. The normalized spacial score (nSPS) is 18.7. The van der Waals surface area contributed by atoms with Gasteiger partial charge < -0.3 is 10.0 Å². The predicted octanol–water partition coefficient (Wildman–Crippen LogP) is 7.79. The number of aliphatic hydroxyl groups excluding tert-OH is 1. The maximum absolute atomic E-state index is 12.9. The van der Waals surface area contributed by atoms with Crippen molar-refractivity contribution in [2.75, 3.05) is 0 Å². The second-order valence-electron chi connectivity index (χ2n) is 11.1. The molecule has 0 aromatic carbocycles. The highest BCUT2D eigenvalue weighted by Gasteiger charge is 2.46. The fourth-order valence-electron chi connectivity index (χ4n) is 5.66. The molecular formula is C27H53NO2. The third kappa shape index (κ3) is 10.6. The highest BCUT2D eigenvalue weighted by Crippen LogP contribution is 2.39. The lowest BCUT2D eigenvalue weighted by molar-refractivity contribution is -0.155. The number of carbonyl (C=O) groups excluding carboxylic acids is 1. The molecule has 0 aromatic heterocycles. The number of unbranched alkanes of at least 4 members (excludes halogenated alkanes) is 14. The zero-order chi connectivity index (χ0) is 22.5. The average Bonchev–Trinajstić information content (AvgIpc) is 2.62. The minimum Gasteiger partial charge on any atom is -0.393 e. The third-order valence-corrected chi connectivity index (χ3v) is 6.92. The number of aliphatic hydroxyl groups is 1. The zero-order valence-electron chi connectivity index (χ0n) is 21.1. The Morgan fingerprint density at radius 2 is 1.03 bits per heavy atom. The smallest absolute Gasteiger partial charge is 0.223 e. The van der Waals surface area contributed by atoms with Gasteiger partial charge in [-0.15, -0.1) is 0 Å². The van der Waals surface area contributed by atoms with Crippen LogP contribution < -0.4 is 0 Å². The van der Waals surface area contributed by atoms with E-state index < -0.39 is 0 Å². The van der Waals surface area contributed by atoms with Gasteiger partial charge in [-0.1, -0.05) is 96.8 Å². The molecule has 3 heteroatoms. The molecule has 1 aliphatic heterocycles. The molecule has 1 aliphatic rings. The summed E-state index contributed by atoms with van der Waals surface area (Å²) in [4.78, 5) is 15.0. The molecule has 30 heavy (non-hydrogen) atoms. The van der Waals surface area contributed by atoms with Crippen LogP contribution in [-0.2, 0) is 4.79 Å². The van der Waals surface area contributed by atoms with Crippen LogP contribution in [0.2, 0.25) is 0 Å². The molecule has 0 saturated carbocycles. The second-order valence-corrected chi connectivity index (χ2v) is 11.1. The number of hydrogen-bond donors (Lipinski definition) is 1. The summed E-state index contributed by atoms with van der Waals surface area (Å²) in [5, 5.41) is 10.2. The largest absolute Gasteiger partial charge is 0.393 e. The van der Waals surface area contributed by atoms with Crippen LogP contribution in [0.25, 0.3) is 0 Å². The van der Waals surface area contributed by atoms with E-state index in [0.29, 0.717) is 19.3 Å². The molecule has 1 N–H and O–H groups in total. The molecule has 1 saturated heterocycles.